The van der Waals surface area contributed by atoms with Crippen LogP contribution in [0.25, 0.3) is 33.3 Å². The van der Waals surface area contributed by atoms with Gasteiger partial charge < -0.3 is 9.64 Å². The highest BCUT2D eigenvalue weighted by Crippen LogP contribution is 2.35. The third kappa shape index (κ3) is 3.23. The van der Waals surface area contributed by atoms with Gasteiger partial charge in [-0.25, -0.2) is 0 Å². The lowest BCUT2D eigenvalue weighted by Crippen LogP contribution is -2.42. The minimum Gasteiger partial charge on any atom is -0.496 e. The Hall–Kier alpha value is -3.25. The molecule has 0 radical (unpaired) electrons. The first kappa shape index (κ1) is 18.8. The second-order valence-corrected chi connectivity index (χ2v) is 8.21. The highest BCUT2D eigenvalue weighted by Gasteiger charge is 2.26. The zero-order valence-corrected chi connectivity index (χ0v) is 17.8. The van der Waals surface area contributed by atoms with Crippen molar-refractivity contribution in [3.8, 4) is 28.1 Å². The van der Waals surface area contributed by atoms with Crippen LogP contribution in [0.4, 0.5) is 0 Å². The number of benzene rings is 2. The molecule has 30 heavy (non-hydrogen) atoms. The predicted molar refractivity (Wildman–Crippen MR) is 119 cm³/mol. The van der Waals surface area contributed by atoms with Gasteiger partial charge in [0.15, 0.2) is 0 Å². The zero-order valence-electron chi connectivity index (χ0n) is 17.8. The van der Waals surface area contributed by atoms with Crippen molar-refractivity contribution in [2.24, 2.45) is 7.05 Å². The van der Waals surface area contributed by atoms with E-state index >= 15 is 0 Å². The van der Waals surface area contributed by atoms with E-state index in [-0.39, 0.29) is 0 Å². The fourth-order valence-corrected chi connectivity index (χ4v) is 4.27. The molecular formula is C24H25N5O. The van der Waals surface area contributed by atoms with Crippen LogP contribution < -0.4 is 4.74 Å². The van der Waals surface area contributed by atoms with E-state index in [0.717, 1.165) is 63.4 Å². The standard InChI is InChI=1S/C24H25N5O/c1-15-9-17(10-18-14-29(3)27-24(15)18)16-5-6-20(23(11-16)30-4)22-8-7-21(25-26-22)19-12-28(2)13-19/h5-11,14,19H,12-13H2,1-4H3. The Morgan fingerprint density at radius 2 is 1.80 bits per heavy atom. The summed E-state index contributed by atoms with van der Waals surface area (Å²) >= 11 is 0. The van der Waals surface area contributed by atoms with E-state index in [2.05, 4.69) is 76.8 Å². The van der Waals surface area contributed by atoms with Gasteiger partial charge in [-0.15, -0.1) is 0 Å². The normalized spacial score (nSPS) is 14.8. The number of methoxy groups -OCH3 is 1. The molecule has 0 N–H and O–H groups in total. The van der Waals surface area contributed by atoms with Gasteiger partial charge >= 0.3 is 0 Å². The molecule has 2 aromatic carbocycles. The Balaban J connectivity index is 1.49. The molecule has 6 nitrogen and oxygen atoms in total. The number of ether oxygens (including phenoxy) is 1. The van der Waals surface area contributed by atoms with Crippen LogP contribution in [0, 0.1) is 6.92 Å². The molecule has 0 amide bonds. The molecule has 3 heterocycles. The molecule has 0 aliphatic carbocycles. The Morgan fingerprint density at radius 1 is 0.967 bits per heavy atom. The Kier molecular flexibility index (Phi) is 4.51. The zero-order chi connectivity index (χ0) is 20.8. The number of rotatable bonds is 4. The van der Waals surface area contributed by atoms with Gasteiger partial charge in [-0.3, -0.25) is 4.68 Å². The van der Waals surface area contributed by atoms with E-state index in [1.165, 1.54) is 0 Å². The summed E-state index contributed by atoms with van der Waals surface area (Å²) < 4.78 is 7.57. The Labute approximate surface area is 176 Å². The average molecular weight is 399 g/mol. The number of likely N-dealkylation sites (N-methyl/N-ethyl adjacent to an activating group) is 1. The van der Waals surface area contributed by atoms with Crippen molar-refractivity contribution in [3.05, 3.63) is 59.9 Å². The third-order valence-electron chi connectivity index (χ3n) is 5.89. The fourth-order valence-electron chi connectivity index (χ4n) is 4.27. The van der Waals surface area contributed by atoms with Crippen LogP contribution in [0.2, 0.25) is 0 Å². The lowest BCUT2D eigenvalue weighted by atomic mass is 9.96. The second-order valence-electron chi connectivity index (χ2n) is 8.21. The molecule has 1 aliphatic heterocycles. The molecular weight excluding hydrogens is 374 g/mol. The van der Waals surface area contributed by atoms with Crippen molar-refractivity contribution in [1.29, 1.82) is 0 Å². The number of aryl methyl sites for hydroxylation is 2. The molecule has 152 valence electrons. The lowest BCUT2D eigenvalue weighted by Gasteiger charge is -2.35. The van der Waals surface area contributed by atoms with Crippen molar-refractivity contribution in [1.82, 2.24) is 24.9 Å². The topological polar surface area (TPSA) is 56.1 Å². The molecule has 2 aromatic heterocycles. The van der Waals surface area contributed by atoms with Gasteiger partial charge in [0, 0.05) is 43.2 Å². The second kappa shape index (κ2) is 7.22. The maximum Gasteiger partial charge on any atom is 0.128 e. The molecule has 0 spiro atoms. The SMILES string of the molecule is COc1cc(-c2cc(C)c3nn(C)cc3c2)ccc1-c1ccc(C2CN(C)C2)nn1. The van der Waals surface area contributed by atoms with Crippen LogP contribution in [0.3, 0.4) is 0 Å². The maximum atomic E-state index is 5.72. The van der Waals surface area contributed by atoms with E-state index in [0.29, 0.717) is 5.92 Å². The van der Waals surface area contributed by atoms with E-state index in [1.54, 1.807) is 7.11 Å². The summed E-state index contributed by atoms with van der Waals surface area (Å²) in [5.74, 6) is 1.29. The molecule has 1 saturated heterocycles. The minimum atomic E-state index is 0.492. The molecule has 4 aromatic rings. The number of likely N-dealkylation sites (tertiary alicyclic amines) is 1. The number of fused-ring (bicyclic) bond motifs is 1. The van der Waals surface area contributed by atoms with Crippen molar-refractivity contribution >= 4 is 10.9 Å². The monoisotopic (exact) mass is 399 g/mol. The van der Waals surface area contributed by atoms with Crippen LogP contribution >= 0.6 is 0 Å². The van der Waals surface area contributed by atoms with E-state index in [1.807, 2.05) is 17.8 Å². The molecule has 0 unspecified atom stereocenters. The fraction of sp³-hybridized carbons (Fsp3) is 0.292. The van der Waals surface area contributed by atoms with Gasteiger partial charge in [0.2, 0.25) is 0 Å². The van der Waals surface area contributed by atoms with Crippen LogP contribution in [0.15, 0.2) is 48.7 Å². The van der Waals surface area contributed by atoms with Gasteiger partial charge in [0.05, 0.1) is 24.0 Å². The molecule has 1 fully saturated rings. The Morgan fingerprint density at radius 3 is 2.50 bits per heavy atom. The number of aromatic nitrogens is 4. The minimum absolute atomic E-state index is 0.492. The van der Waals surface area contributed by atoms with Crippen molar-refractivity contribution in [2.75, 3.05) is 27.2 Å². The first-order valence-electron chi connectivity index (χ1n) is 10.2. The Bertz CT molecular complexity index is 1220. The highest BCUT2D eigenvalue weighted by atomic mass is 16.5. The molecule has 1 aliphatic rings. The van der Waals surface area contributed by atoms with Crippen molar-refractivity contribution in [3.63, 3.8) is 0 Å². The smallest absolute Gasteiger partial charge is 0.128 e. The average Bonchev–Trinajstić information content (AvgIpc) is 3.12. The van der Waals surface area contributed by atoms with E-state index in [9.17, 15) is 0 Å². The predicted octanol–water partition coefficient (Wildman–Crippen LogP) is 4.04. The summed E-state index contributed by atoms with van der Waals surface area (Å²) in [7, 11) is 5.77. The third-order valence-corrected chi connectivity index (χ3v) is 5.89. The van der Waals surface area contributed by atoms with Gasteiger partial charge in [-0.2, -0.15) is 15.3 Å². The van der Waals surface area contributed by atoms with Crippen LogP contribution in [0.1, 0.15) is 17.2 Å². The van der Waals surface area contributed by atoms with Gasteiger partial charge in [-0.05, 0) is 67.1 Å². The number of nitrogens with zero attached hydrogens (tertiary/aromatic N) is 5. The summed E-state index contributed by atoms with van der Waals surface area (Å²) in [5, 5.41) is 14.6. The van der Waals surface area contributed by atoms with Gasteiger partial charge in [0.25, 0.3) is 0 Å². The van der Waals surface area contributed by atoms with E-state index in [4.69, 9.17) is 4.74 Å². The van der Waals surface area contributed by atoms with Gasteiger partial charge in [-0.1, -0.05) is 6.07 Å². The molecule has 0 saturated carbocycles. The number of hydrogen-bond acceptors (Lipinski definition) is 5. The molecule has 0 atom stereocenters. The van der Waals surface area contributed by atoms with Crippen LogP contribution in [-0.2, 0) is 7.05 Å². The quantitative estimate of drug-likeness (QED) is 0.518. The van der Waals surface area contributed by atoms with Crippen molar-refractivity contribution in [2.45, 2.75) is 12.8 Å². The molecule has 0 bridgehead atoms. The highest BCUT2D eigenvalue weighted by molar-refractivity contribution is 5.87. The lowest BCUT2D eigenvalue weighted by molar-refractivity contribution is 0.186. The first-order valence-corrected chi connectivity index (χ1v) is 10.2. The summed E-state index contributed by atoms with van der Waals surface area (Å²) in [6.45, 7) is 4.20. The summed E-state index contributed by atoms with van der Waals surface area (Å²) in [6, 6.07) is 14.7. The van der Waals surface area contributed by atoms with Crippen LogP contribution in [-0.4, -0.2) is 52.1 Å². The van der Waals surface area contributed by atoms with E-state index < -0.39 is 0 Å². The molecule has 6 heteroatoms. The summed E-state index contributed by atoms with van der Waals surface area (Å²) in [4.78, 5) is 2.28. The van der Waals surface area contributed by atoms with Gasteiger partial charge in [0.1, 0.15) is 5.75 Å². The van der Waals surface area contributed by atoms with Crippen molar-refractivity contribution < 1.29 is 4.74 Å². The first-order chi connectivity index (χ1) is 14.5. The maximum absolute atomic E-state index is 5.72. The molecule has 5 rings (SSSR count). The summed E-state index contributed by atoms with van der Waals surface area (Å²) in [5.41, 5.74) is 7.29. The largest absolute Gasteiger partial charge is 0.496 e. The van der Waals surface area contributed by atoms with Crippen LogP contribution in [0.5, 0.6) is 5.75 Å². The number of hydrogen-bond donors (Lipinski definition) is 0. The summed E-state index contributed by atoms with van der Waals surface area (Å²) in [6.07, 6.45) is 2.05.